The maximum atomic E-state index is 14.7. The molecule has 12 nitrogen and oxygen atoms in total. The molecule has 16 heteroatoms. The van der Waals surface area contributed by atoms with Gasteiger partial charge < -0.3 is 39.1 Å². The predicted molar refractivity (Wildman–Crippen MR) is 194 cm³/mol. The molecule has 2 aromatic carbocycles. The number of benzene rings is 2. The molecule has 3 aliphatic heterocycles. The van der Waals surface area contributed by atoms with Gasteiger partial charge in [0.1, 0.15) is 23.3 Å². The lowest BCUT2D eigenvalue weighted by Gasteiger charge is -2.36. The number of alkyl halides is 3. The monoisotopic (exact) mass is 775 g/mol. The van der Waals surface area contributed by atoms with Gasteiger partial charge in [0.15, 0.2) is 0 Å². The molecule has 4 aliphatic rings. The van der Waals surface area contributed by atoms with E-state index in [4.69, 9.17) is 9.47 Å². The Morgan fingerprint density at radius 2 is 1.31 bits per heavy atom. The number of nitrogens with zero attached hydrogens (tertiary/aromatic N) is 5. The number of ether oxygens (including phenoxy) is 2. The van der Waals surface area contributed by atoms with Gasteiger partial charge in [0, 0.05) is 82.1 Å². The van der Waals surface area contributed by atoms with E-state index in [1.54, 1.807) is 59.7 Å². The van der Waals surface area contributed by atoms with Crippen LogP contribution in [0, 0.1) is 11.7 Å². The van der Waals surface area contributed by atoms with E-state index in [1.165, 1.54) is 17.0 Å². The van der Waals surface area contributed by atoms with E-state index >= 15 is 0 Å². The van der Waals surface area contributed by atoms with E-state index in [1.807, 2.05) is 4.90 Å². The number of rotatable bonds is 6. The summed E-state index contributed by atoms with van der Waals surface area (Å²) in [5.74, 6) is -2.39. The second kappa shape index (κ2) is 16.1. The lowest BCUT2D eigenvalue weighted by Crippen LogP contribution is -2.50. The van der Waals surface area contributed by atoms with Gasteiger partial charge in [0.2, 0.25) is 0 Å². The van der Waals surface area contributed by atoms with E-state index in [0.717, 1.165) is 0 Å². The van der Waals surface area contributed by atoms with Gasteiger partial charge in [-0.3, -0.25) is 9.59 Å². The lowest BCUT2D eigenvalue weighted by atomic mass is 9.78. The lowest BCUT2D eigenvalue weighted by molar-refractivity contribution is -0.182. The largest absolute Gasteiger partial charge is 0.488 e. The Kier molecular flexibility index (Phi) is 11.7. The second-order valence-corrected chi connectivity index (χ2v) is 15.8. The SMILES string of the molecule is CC(C)(C)OC(=O)N1CCC(Oc2ccc(C(=O)N3CCN(C(=O)c4cc(F)cc(N5CCN(C(=O)O)CC5)c4)CC3)cc2C2CCC(C(F)(F)F)CC2)C1. The average molecular weight is 776 g/mol. The van der Waals surface area contributed by atoms with Crippen LogP contribution >= 0.6 is 0 Å². The predicted octanol–water partition coefficient (Wildman–Crippen LogP) is 6.45. The highest BCUT2D eigenvalue weighted by molar-refractivity contribution is 5.97. The van der Waals surface area contributed by atoms with E-state index in [-0.39, 0.29) is 94.4 Å². The summed E-state index contributed by atoms with van der Waals surface area (Å²) in [6, 6.07) is 9.16. The molecule has 3 heterocycles. The van der Waals surface area contributed by atoms with E-state index in [2.05, 4.69) is 0 Å². The maximum Gasteiger partial charge on any atom is 0.410 e. The number of amides is 4. The van der Waals surface area contributed by atoms with Crippen molar-refractivity contribution in [2.45, 2.75) is 76.7 Å². The van der Waals surface area contributed by atoms with Gasteiger partial charge in [0.05, 0.1) is 12.5 Å². The fraction of sp³-hybridized carbons (Fsp3) is 0.590. The first-order chi connectivity index (χ1) is 25.9. The van der Waals surface area contributed by atoms with Gasteiger partial charge in [-0.05, 0) is 94.3 Å². The highest BCUT2D eigenvalue weighted by Crippen LogP contribution is 2.45. The maximum absolute atomic E-state index is 14.7. The van der Waals surface area contributed by atoms with Gasteiger partial charge in [-0.15, -0.1) is 0 Å². The number of halogens is 4. The summed E-state index contributed by atoms with van der Waals surface area (Å²) in [7, 11) is 0. The minimum atomic E-state index is -4.27. The molecule has 0 radical (unpaired) electrons. The topological polar surface area (TPSA) is 123 Å². The van der Waals surface area contributed by atoms with Crippen LogP contribution in [0.15, 0.2) is 36.4 Å². The molecule has 1 aliphatic carbocycles. The average Bonchev–Trinajstić information content (AvgIpc) is 3.62. The zero-order valence-corrected chi connectivity index (χ0v) is 31.4. The van der Waals surface area contributed by atoms with Crippen LogP contribution in [0.3, 0.4) is 0 Å². The first-order valence-electron chi connectivity index (χ1n) is 18.9. The molecular formula is C39H49F4N5O7. The van der Waals surface area contributed by atoms with Crippen molar-refractivity contribution in [3.8, 4) is 5.75 Å². The van der Waals surface area contributed by atoms with Crippen LogP contribution in [0.1, 0.15) is 85.1 Å². The van der Waals surface area contributed by atoms with Gasteiger partial charge in [-0.25, -0.2) is 14.0 Å². The van der Waals surface area contributed by atoms with Crippen LogP contribution in [-0.4, -0.2) is 132 Å². The third-order valence-electron chi connectivity index (χ3n) is 10.9. The number of hydrogen-bond acceptors (Lipinski definition) is 7. The highest BCUT2D eigenvalue weighted by atomic mass is 19.4. The summed E-state index contributed by atoms with van der Waals surface area (Å²) in [4.78, 5) is 59.2. The van der Waals surface area contributed by atoms with Crippen LogP contribution in [-0.2, 0) is 4.74 Å². The van der Waals surface area contributed by atoms with Crippen LogP contribution in [0.2, 0.25) is 0 Å². The van der Waals surface area contributed by atoms with E-state index in [0.29, 0.717) is 55.2 Å². The normalized spacial score (nSPS) is 22.5. The minimum Gasteiger partial charge on any atom is -0.488 e. The zero-order chi connectivity index (χ0) is 39.7. The van der Waals surface area contributed by atoms with Crippen molar-refractivity contribution in [1.29, 1.82) is 0 Å². The molecule has 3 saturated heterocycles. The molecule has 0 aromatic heterocycles. The van der Waals surface area contributed by atoms with Crippen LogP contribution < -0.4 is 9.64 Å². The molecule has 2 aromatic rings. The number of piperazine rings is 2. The third kappa shape index (κ3) is 9.74. The van der Waals surface area contributed by atoms with Gasteiger partial charge in [0.25, 0.3) is 11.8 Å². The van der Waals surface area contributed by atoms with Gasteiger partial charge >= 0.3 is 18.4 Å². The highest BCUT2D eigenvalue weighted by Gasteiger charge is 2.42. The molecule has 0 bridgehead atoms. The molecule has 4 amide bonds. The summed E-state index contributed by atoms with van der Waals surface area (Å²) >= 11 is 0. The van der Waals surface area contributed by atoms with E-state index < -0.39 is 35.7 Å². The summed E-state index contributed by atoms with van der Waals surface area (Å²) in [5.41, 5.74) is 1.03. The summed E-state index contributed by atoms with van der Waals surface area (Å²) in [6.45, 7) is 8.19. The number of hydrogen-bond donors (Lipinski definition) is 1. The Balaban J connectivity index is 1.12. The first kappa shape index (κ1) is 39.9. The molecule has 4 fully saturated rings. The molecule has 55 heavy (non-hydrogen) atoms. The van der Waals surface area contributed by atoms with Crippen molar-refractivity contribution in [1.82, 2.24) is 19.6 Å². The Morgan fingerprint density at radius 1 is 0.709 bits per heavy atom. The van der Waals surface area contributed by atoms with Crippen molar-refractivity contribution in [2.24, 2.45) is 5.92 Å². The minimum absolute atomic E-state index is 0.0220. The van der Waals surface area contributed by atoms with Crippen molar-refractivity contribution < 1.29 is 51.3 Å². The molecule has 0 spiro atoms. The number of anilines is 1. The smallest absolute Gasteiger partial charge is 0.410 e. The molecule has 1 unspecified atom stereocenters. The summed E-state index contributed by atoms with van der Waals surface area (Å²) < 4.78 is 67.3. The number of carboxylic acid groups (broad SMARTS) is 1. The van der Waals surface area contributed by atoms with Gasteiger partial charge in [-0.2, -0.15) is 13.2 Å². The van der Waals surface area contributed by atoms with Crippen LogP contribution in [0.25, 0.3) is 0 Å². The van der Waals surface area contributed by atoms with Gasteiger partial charge in [-0.1, -0.05) is 0 Å². The molecule has 6 rings (SSSR count). The Hall–Kier alpha value is -4.76. The summed E-state index contributed by atoms with van der Waals surface area (Å²) in [5, 5.41) is 9.24. The van der Waals surface area contributed by atoms with Crippen LogP contribution in [0.4, 0.5) is 32.8 Å². The standard InChI is InChI=1S/C39H49F4N5O7/c1-38(2,3)55-37(53)48-11-10-31(24-48)54-33-9-6-26(22-32(33)25-4-7-28(8-5-25)39(41,42)43)34(49)45-14-16-46(17-15-45)35(50)27-20-29(40)23-30(21-27)44-12-18-47(19-13-44)36(51)52/h6,9,20-23,25,28,31H,4-5,7-8,10-19,24H2,1-3H3,(H,51,52). The van der Waals surface area contributed by atoms with E-state index in [9.17, 15) is 41.8 Å². The Bertz CT molecular complexity index is 1740. The summed E-state index contributed by atoms with van der Waals surface area (Å²) in [6.07, 6.45) is -5.01. The fourth-order valence-electron chi connectivity index (χ4n) is 7.85. The molecule has 1 saturated carbocycles. The number of carbonyl (C=O) groups is 4. The third-order valence-corrected chi connectivity index (χ3v) is 10.9. The Morgan fingerprint density at radius 3 is 1.89 bits per heavy atom. The number of likely N-dealkylation sites (tertiary alicyclic amines) is 1. The molecule has 1 N–H and O–H groups in total. The Labute approximate surface area is 317 Å². The zero-order valence-electron chi connectivity index (χ0n) is 31.4. The molecule has 300 valence electrons. The van der Waals surface area contributed by atoms with Crippen molar-refractivity contribution in [3.05, 3.63) is 58.9 Å². The van der Waals surface area contributed by atoms with Crippen molar-refractivity contribution >= 4 is 29.7 Å². The number of carbonyl (C=O) groups excluding carboxylic acids is 3. The first-order valence-corrected chi connectivity index (χ1v) is 18.9. The fourth-order valence-corrected chi connectivity index (χ4v) is 7.85. The molecular weight excluding hydrogens is 726 g/mol. The van der Waals surface area contributed by atoms with Crippen molar-refractivity contribution in [3.63, 3.8) is 0 Å². The second-order valence-electron chi connectivity index (χ2n) is 15.8. The van der Waals surface area contributed by atoms with Crippen molar-refractivity contribution in [2.75, 3.05) is 70.3 Å². The molecule has 1 atom stereocenters. The van der Waals surface area contributed by atoms with Crippen LogP contribution in [0.5, 0.6) is 5.75 Å². The quantitative estimate of drug-likeness (QED) is 0.333.